The molecular weight excluding hydrogens is 583 g/mol. The number of nitrogens with zero attached hydrogens (tertiary/aromatic N) is 5. The highest BCUT2D eigenvalue weighted by Crippen LogP contribution is 2.44. The molecule has 4 aliphatic heterocycles. The molecule has 0 amide bonds. The fourth-order valence-electron chi connectivity index (χ4n) is 8.57. The van der Waals surface area contributed by atoms with Crippen LogP contribution < -0.4 is 9.64 Å². The van der Waals surface area contributed by atoms with E-state index < -0.39 is 29.4 Å². The van der Waals surface area contributed by atoms with E-state index in [1.807, 2.05) is 11.8 Å². The van der Waals surface area contributed by atoms with E-state index in [1.54, 1.807) is 6.07 Å². The van der Waals surface area contributed by atoms with Gasteiger partial charge in [-0.1, -0.05) is 13.0 Å². The number of fused-ring (bicyclic) bond motifs is 6. The molecule has 1 aliphatic carbocycles. The van der Waals surface area contributed by atoms with Crippen LogP contribution in [-0.2, 0) is 6.42 Å². The Labute approximate surface area is 258 Å². The molecule has 236 valence electrons. The molecule has 1 unspecified atom stereocenters. The third-order valence-corrected chi connectivity index (χ3v) is 10.7. The molecule has 4 saturated heterocycles. The number of ether oxygens (including phenoxy) is 1. The second-order valence-corrected chi connectivity index (χ2v) is 13.3. The molecule has 6 heterocycles. The van der Waals surface area contributed by atoms with Gasteiger partial charge in [-0.2, -0.15) is 9.97 Å². The Bertz CT molecular complexity index is 1820. The van der Waals surface area contributed by atoms with E-state index in [4.69, 9.17) is 9.72 Å². The molecule has 1 saturated carbocycles. The minimum atomic E-state index is -0.923. The second kappa shape index (κ2) is 10.7. The number of aromatic hydroxyl groups is 1. The Balaban J connectivity index is 1.29. The number of aryl methyl sites for hydroxylation is 1. The summed E-state index contributed by atoms with van der Waals surface area (Å²) in [6.45, 7) is 3.86. The Kier molecular flexibility index (Phi) is 6.83. The molecule has 2 aromatic carbocycles. The van der Waals surface area contributed by atoms with Gasteiger partial charge in [0.2, 0.25) is 0 Å². The van der Waals surface area contributed by atoms with E-state index in [9.17, 15) is 19.0 Å². The lowest BCUT2D eigenvalue weighted by molar-refractivity contribution is 0.0502. The van der Waals surface area contributed by atoms with Crippen LogP contribution in [0, 0.1) is 17.6 Å². The van der Waals surface area contributed by atoms with Crippen LogP contribution in [0.15, 0.2) is 30.5 Å². The first kappa shape index (κ1) is 28.8. The summed E-state index contributed by atoms with van der Waals surface area (Å²) < 4.78 is 52.5. The fraction of sp³-hybridized carbons (Fsp3) is 0.500. The number of anilines is 1. The maximum Gasteiger partial charge on any atom is 0.319 e. The number of piperidine rings is 2. The molecule has 4 aromatic rings. The predicted octanol–water partition coefficient (Wildman–Crippen LogP) is 5.70. The SMILES string of the molecule is CCc1c(F)ccc2cc(O)cc(-c3ncc4c(N5C[C@H]6CC[C@H]5C(O)C6)nc(OC[C@@]56CCCN5C[C@H](F)C6)nc4c3F)c12. The normalized spacial score (nSPS) is 28.0. The molecular formula is C34H36F3N5O3. The van der Waals surface area contributed by atoms with E-state index in [2.05, 4.69) is 14.9 Å². The minimum absolute atomic E-state index is 0.0163. The van der Waals surface area contributed by atoms with Gasteiger partial charge in [0.15, 0.2) is 5.82 Å². The number of rotatable bonds is 6. The number of phenols is 1. The lowest BCUT2D eigenvalue weighted by Crippen LogP contribution is -2.56. The molecule has 2 aromatic heterocycles. The maximum absolute atomic E-state index is 16.8. The maximum atomic E-state index is 16.8. The number of halogens is 3. The van der Waals surface area contributed by atoms with Crippen LogP contribution in [0.5, 0.6) is 11.8 Å². The number of aliphatic hydroxyl groups excluding tert-OH is 1. The van der Waals surface area contributed by atoms with Crippen molar-refractivity contribution in [3.05, 3.63) is 47.7 Å². The van der Waals surface area contributed by atoms with Crippen LogP contribution in [0.4, 0.5) is 19.0 Å². The zero-order valence-electron chi connectivity index (χ0n) is 25.1. The van der Waals surface area contributed by atoms with Crippen molar-refractivity contribution in [1.29, 1.82) is 0 Å². The number of aliphatic hydroxyl groups is 1. The number of phenolic OH excluding ortho intramolecular Hbond substituents is 1. The summed E-state index contributed by atoms with van der Waals surface area (Å²) >= 11 is 0. The van der Waals surface area contributed by atoms with Crippen LogP contribution in [-0.4, -0.2) is 80.2 Å². The van der Waals surface area contributed by atoms with Gasteiger partial charge < -0.3 is 19.8 Å². The van der Waals surface area contributed by atoms with Crippen molar-refractivity contribution in [1.82, 2.24) is 19.9 Å². The minimum Gasteiger partial charge on any atom is -0.508 e. The average Bonchev–Trinajstić information content (AvgIpc) is 3.55. The summed E-state index contributed by atoms with van der Waals surface area (Å²) in [5.74, 6) is -0.533. The Hall–Kier alpha value is -3.70. The van der Waals surface area contributed by atoms with Crippen molar-refractivity contribution in [3.63, 3.8) is 0 Å². The smallest absolute Gasteiger partial charge is 0.319 e. The molecule has 5 fully saturated rings. The largest absolute Gasteiger partial charge is 0.508 e. The predicted molar refractivity (Wildman–Crippen MR) is 164 cm³/mol. The first-order valence-electron chi connectivity index (χ1n) is 16.0. The molecule has 8 nitrogen and oxygen atoms in total. The van der Waals surface area contributed by atoms with Crippen LogP contribution in [0.1, 0.15) is 51.0 Å². The molecule has 2 bridgehead atoms. The highest BCUT2D eigenvalue weighted by molar-refractivity contribution is 6.01. The van der Waals surface area contributed by atoms with Crippen molar-refractivity contribution in [2.75, 3.05) is 31.1 Å². The molecule has 2 N–H and O–H groups in total. The van der Waals surface area contributed by atoms with Gasteiger partial charge in [-0.05, 0) is 85.5 Å². The van der Waals surface area contributed by atoms with Gasteiger partial charge in [0.1, 0.15) is 41.4 Å². The number of benzene rings is 2. The number of pyridine rings is 1. The number of hydrogen-bond acceptors (Lipinski definition) is 8. The van der Waals surface area contributed by atoms with Crippen LogP contribution >= 0.6 is 0 Å². The summed E-state index contributed by atoms with van der Waals surface area (Å²) in [4.78, 5) is 18.1. The fourth-order valence-corrected chi connectivity index (χ4v) is 8.57. The van der Waals surface area contributed by atoms with Crippen LogP contribution in [0.2, 0.25) is 0 Å². The molecule has 0 radical (unpaired) electrons. The lowest BCUT2D eigenvalue weighted by Gasteiger charge is -2.48. The molecule has 5 atom stereocenters. The Morgan fingerprint density at radius 1 is 1.13 bits per heavy atom. The summed E-state index contributed by atoms with van der Waals surface area (Å²) in [5.41, 5.74) is 0.129. The number of hydrogen-bond donors (Lipinski definition) is 2. The van der Waals surface area contributed by atoms with Crippen LogP contribution in [0.25, 0.3) is 32.9 Å². The third-order valence-electron chi connectivity index (χ3n) is 10.7. The van der Waals surface area contributed by atoms with E-state index in [1.165, 1.54) is 24.4 Å². The van der Waals surface area contributed by atoms with Gasteiger partial charge in [-0.25, -0.2) is 13.2 Å². The Morgan fingerprint density at radius 3 is 2.80 bits per heavy atom. The van der Waals surface area contributed by atoms with Crippen molar-refractivity contribution >= 4 is 27.5 Å². The first-order chi connectivity index (χ1) is 21.7. The number of alkyl halides is 1. The zero-order chi connectivity index (χ0) is 31.0. The van der Waals surface area contributed by atoms with Crippen molar-refractivity contribution in [3.8, 4) is 23.0 Å². The molecule has 9 rings (SSSR count). The van der Waals surface area contributed by atoms with Crippen molar-refractivity contribution < 1.29 is 28.1 Å². The first-order valence-corrected chi connectivity index (χ1v) is 16.0. The van der Waals surface area contributed by atoms with Crippen molar-refractivity contribution in [2.45, 2.75) is 75.7 Å². The highest BCUT2D eigenvalue weighted by atomic mass is 19.1. The molecule has 0 spiro atoms. The second-order valence-electron chi connectivity index (χ2n) is 13.3. The van der Waals surface area contributed by atoms with Gasteiger partial charge in [0, 0.05) is 31.3 Å². The van der Waals surface area contributed by atoms with Gasteiger partial charge in [0.05, 0.1) is 23.1 Å². The van der Waals surface area contributed by atoms with E-state index in [-0.39, 0.29) is 47.1 Å². The Morgan fingerprint density at radius 2 is 2.00 bits per heavy atom. The zero-order valence-corrected chi connectivity index (χ0v) is 25.1. The van der Waals surface area contributed by atoms with Gasteiger partial charge in [-0.15, -0.1) is 0 Å². The lowest BCUT2D eigenvalue weighted by atomic mass is 9.78. The molecule has 5 aliphatic rings. The monoisotopic (exact) mass is 619 g/mol. The van der Waals surface area contributed by atoms with E-state index in [0.29, 0.717) is 59.9 Å². The highest BCUT2D eigenvalue weighted by Gasteiger charge is 2.49. The van der Waals surface area contributed by atoms with Crippen molar-refractivity contribution in [2.24, 2.45) is 5.92 Å². The van der Waals surface area contributed by atoms with E-state index >= 15 is 4.39 Å². The summed E-state index contributed by atoms with van der Waals surface area (Å²) in [7, 11) is 0. The summed E-state index contributed by atoms with van der Waals surface area (Å²) in [6.07, 6.45) is 5.07. The topological polar surface area (TPSA) is 94.8 Å². The summed E-state index contributed by atoms with van der Waals surface area (Å²) in [6, 6.07) is 5.63. The average molecular weight is 620 g/mol. The standard InChI is InChI=1S/C34H36F3N5O3/c1-2-22-25(36)6-5-19-11-21(43)12-23(28(19)22)30-29(37)31-24(14-38-30)32(42-15-18-4-7-26(42)27(44)10-18)40-33(39-31)45-17-34-8-3-9-41(34)16-20(35)13-34/h5-6,11-12,14,18,20,26-27,43-44H,2-4,7-10,13,15-17H2,1H3/t18-,20+,26-,27?,34-/m0/s1. The van der Waals surface area contributed by atoms with Crippen LogP contribution in [0.3, 0.4) is 0 Å². The molecule has 45 heavy (non-hydrogen) atoms. The quantitative estimate of drug-likeness (QED) is 0.284. The van der Waals surface area contributed by atoms with Gasteiger partial charge in [0.25, 0.3) is 0 Å². The molecule has 11 heteroatoms. The van der Waals surface area contributed by atoms with Gasteiger partial charge >= 0.3 is 6.01 Å². The number of aromatic nitrogens is 3. The van der Waals surface area contributed by atoms with Gasteiger partial charge in [-0.3, -0.25) is 9.88 Å². The summed E-state index contributed by atoms with van der Waals surface area (Å²) in [5, 5.41) is 22.9. The van der Waals surface area contributed by atoms with E-state index in [0.717, 1.165) is 32.2 Å². The third kappa shape index (κ3) is 4.61.